The van der Waals surface area contributed by atoms with E-state index in [1.165, 1.54) is 6.07 Å². The summed E-state index contributed by atoms with van der Waals surface area (Å²) >= 11 is 1.61. The van der Waals surface area contributed by atoms with Gasteiger partial charge in [-0.3, -0.25) is 23.9 Å². The second-order valence-electron chi connectivity index (χ2n) is 14.5. The molecule has 7 aromatic rings. The molecule has 0 spiro atoms. The van der Waals surface area contributed by atoms with Crippen molar-refractivity contribution in [1.29, 1.82) is 5.26 Å². The fraction of sp³-hybridized carbons (Fsp3) is 0.182. The second kappa shape index (κ2) is 15.1. The number of carbonyl (C=O) groups is 2. The van der Waals surface area contributed by atoms with Crippen LogP contribution in [0.3, 0.4) is 0 Å². The summed E-state index contributed by atoms with van der Waals surface area (Å²) < 4.78 is 31.5. The fourth-order valence-corrected chi connectivity index (χ4v) is 10.0. The van der Waals surface area contributed by atoms with Gasteiger partial charge in [0.25, 0.3) is 15.9 Å². The van der Waals surface area contributed by atoms with Gasteiger partial charge in [0.05, 0.1) is 33.8 Å². The van der Waals surface area contributed by atoms with E-state index >= 15 is 0 Å². The van der Waals surface area contributed by atoms with Crippen LogP contribution in [0.5, 0.6) is 0 Å². The van der Waals surface area contributed by atoms with Crippen LogP contribution in [0.2, 0.25) is 0 Å². The molecule has 0 aliphatic carbocycles. The molecular formula is C44H38N8O5S2. The highest BCUT2D eigenvalue weighted by Gasteiger charge is 2.32. The summed E-state index contributed by atoms with van der Waals surface area (Å²) in [5.74, 6) is -0.0791. The summed E-state index contributed by atoms with van der Waals surface area (Å²) in [5.41, 5.74) is 9.26. The van der Waals surface area contributed by atoms with Gasteiger partial charge in [0.15, 0.2) is 5.82 Å². The normalized spacial score (nSPS) is 13.6. The van der Waals surface area contributed by atoms with Gasteiger partial charge in [0.2, 0.25) is 0 Å². The van der Waals surface area contributed by atoms with Crippen molar-refractivity contribution in [2.75, 3.05) is 4.72 Å². The lowest BCUT2D eigenvalue weighted by atomic mass is 9.96. The Morgan fingerprint density at radius 2 is 1.61 bits per heavy atom. The van der Waals surface area contributed by atoms with Crippen LogP contribution in [0.1, 0.15) is 78.3 Å². The van der Waals surface area contributed by atoms with Crippen LogP contribution in [0, 0.1) is 45.9 Å². The number of benzene rings is 4. The Labute approximate surface area is 344 Å². The van der Waals surface area contributed by atoms with Crippen LogP contribution < -0.4 is 10.0 Å². The van der Waals surface area contributed by atoms with Crippen molar-refractivity contribution in [3.8, 4) is 22.2 Å². The number of hydrogen-bond donors (Lipinski definition) is 4. The monoisotopic (exact) mass is 822 g/mol. The molecule has 0 radical (unpaired) electrons. The predicted molar refractivity (Wildman–Crippen MR) is 227 cm³/mol. The first kappa shape index (κ1) is 39.0. The zero-order valence-corrected chi connectivity index (χ0v) is 34.3. The molecule has 4 heterocycles. The van der Waals surface area contributed by atoms with Crippen molar-refractivity contribution >= 4 is 55.5 Å². The average Bonchev–Trinajstić information content (AvgIpc) is 3.89. The lowest BCUT2D eigenvalue weighted by Gasteiger charge is -2.13. The molecule has 0 bridgehead atoms. The topological polar surface area (TPSA) is 195 Å². The van der Waals surface area contributed by atoms with E-state index in [1.807, 2.05) is 61.7 Å². The van der Waals surface area contributed by atoms with E-state index in [9.17, 15) is 28.4 Å². The number of hydrogen-bond acceptors (Lipinski definition) is 9. The molecule has 4 aromatic carbocycles. The second-order valence-corrected chi connectivity index (χ2v) is 17.4. The molecule has 296 valence electrons. The van der Waals surface area contributed by atoms with Crippen LogP contribution in [-0.4, -0.2) is 50.9 Å². The summed E-state index contributed by atoms with van der Waals surface area (Å²) in [6.45, 7) is 9.72. The number of H-pyrrole nitrogens is 1. The Morgan fingerprint density at radius 1 is 0.915 bits per heavy atom. The molecule has 0 saturated carbocycles. The summed E-state index contributed by atoms with van der Waals surface area (Å²) in [6, 6.07) is 25.0. The number of nitriles is 1. The molecule has 1 amide bonds. The number of nitrogens with one attached hydrogen (secondary N) is 3. The van der Waals surface area contributed by atoms with E-state index in [2.05, 4.69) is 38.2 Å². The Bertz CT molecular complexity index is 3030. The van der Waals surface area contributed by atoms with Gasteiger partial charge >= 0.3 is 5.97 Å². The quantitative estimate of drug-likeness (QED) is 0.107. The Morgan fingerprint density at radius 3 is 2.29 bits per heavy atom. The number of amides is 1. The van der Waals surface area contributed by atoms with Gasteiger partial charge in [-0.05, 0) is 92.3 Å². The average molecular weight is 823 g/mol. The number of sulfonamides is 1. The highest BCUT2D eigenvalue weighted by Crippen LogP contribution is 2.40. The van der Waals surface area contributed by atoms with E-state index in [-0.39, 0.29) is 23.8 Å². The molecular weight excluding hydrogens is 785 g/mol. The summed E-state index contributed by atoms with van der Waals surface area (Å²) in [5, 5.41) is 32.3. The van der Waals surface area contributed by atoms with Crippen molar-refractivity contribution in [3.05, 3.63) is 146 Å². The zero-order valence-electron chi connectivity index (χ0n) is 32.7. The Kier molecular flexibility index (Phi) is 9.99. The first-order chi connectivity index (χ1) is 28.2. The van der Waals surface area contributed by atoms with E-state index in [0.717, 1.165) is 48.8 Å². The first-order valence-corrected chi connectivity index (χ1v) is 21.0. The van der Waals surface area contributed by atoms with E-state index in [0.29, 0.717) is 50.6 Å². The lowest BCUT2D eigenvalue weighted by Crippen LogP contribution is -2.23. The van der Waals surface area contributed by atoms with Crippen LogP contribution in [0.25, 0.3) is 27.0 Å². The third kappa shape index (κ3) is 7.17. The Balaban J connectivity index is 0.955. The minimum atomic E-state index is -3.97. The van der Waals surface area contributed by atoms with E-state index in [1.54, 1.807) is 60.9 Å². The molecule has 0 saturated heterocycles. The van der Waals surface area contributed by atoms with E-state index < -0.39 is 22.0 Å². The van der Waals surface area contributed by atoms with Gasteiger partial charge in [-0.1, -0.05) is 54.6 Å². The minimum Gasteiger partial charge on any atom is -0.481 e. The highest BCUT2D eigenvalue weighted by molar-refractivity contribution is 7.92. The van der Waals surface area contributed by atoms with E-state index in [4.69, 9.17) is 4.99 Å². The maximum absolute atomic E-state index is 13.5. The van der Waals surface area contributed by atoms with Crippen molar-refractivity contribution in [1.82, 2.24) is 25.1 Å². The van der Waals surface area contributed by atoms with Crippen molar-refractivity contribution in [2.24, 2.45) is 4.99 Å². The molecule has 8 rings (SSSR count). The van der Waals surface area contributed by atoms with Gasteiger partial charge in [-0.25, -0.2) is 8.42 Å². The third-order valence-electron chi connectivity index (χ3n) is 10.6. The number of carbonyl (C=O) groups excluding carboxylic acids is 1. The number of anilines is 1. The lowest BCUT2D eigenvalue weighted by molar-refractivity contribution is -0.137. The number of fused-ring (bicyclic) bond motifs is 4. The van der Waals surface area contributed by atoms with Gasteiger partial charge in [-0.2, -0.15) is 5.26 Å². The molecule has 3 aromatic heterocycles. The zero-order chi connectivity index (χ0) is 41.7. The number of rotatable bonds is 10. The van der Waals surface area contributed by atoms with Gasteiger partial charge in [0, 0.05) is 39.7 Å². The number of carboxylic acids is 1. The number of aromatic nitrogens is 4. The minimum absolute atomic E-state index is 0.100. The van der Waals surface area contributed by atoms with Crippen LogP contribution in [-0.2, 0) is 21.4 Å². The number of thiophene rings is 1. The molecule has 13 nitrogen and oxygen atoms in total. The number of nitrogens with zero attached hydrogens (tertiary/aromatic N) is 5. The largest absolute Gasteiger partial charge is 0.481 e. The number of aromatic amines is 1. The maximum atomic E-state index is 13.5. The molecule has 0 unspecified atom stereocenters. The van der Waals surface area contributed by atoms with Gasteiger partial charge < -0.3 is 15.4 Å². The molecule has 1 atom stereocenters. The molecule has 59 heavy (non-hydrogen) atoms. The summed E-state index contributed by atoms with van der Waals surface area (Å²) in [7, 11) is -3.97. The van der Waals surface area contributed by atoms with Crippen molar-refractivity contribution < 1.29 is 23.1 Å². The molecule has 4 N–H and O–H groups in total. The number of carboxylic acid groups (broad SMARTS) is 1. The van der Waals surface area contributed by atoms with Gasteiger partial charge in [0.1, 0.15) is 22.9 Å². The summed E-state index contributed by atoms with van der Waals surface area (Å²) in [4.78, 5) is 34.4. The number of aliphatic imine (C=N–C) groups is 1. The first-order valence-electron chi connectivity index (χ1n) is 18.7. The van der Waals surface area contributed by atoms with Crippen LogP contribution in [0.15, 0.2) is 94.9 Å². The standard InChI is InChI=1S/C44H38N8O5S2/c1-23-6-16-34(41-38(23)33(20-45)22-46-41)51-59(56,57)36-17-7-28(18-24(36)2)21-47-43(55)32-14-10-30(11-15-32)29-8-12-31(13-9-29)40-39-25(3)26(4)58-44(39)52-27(5)49-50-42(52)35(48-40)19-37(53)54/h6-18,22,35,46,51H,19,21H2,1-5H3,(H,47,55)(H,53,54)/t35-/m0/s1. The summed E-state index contributed by atoms with van der Waals surface area (Å²) in [6.07, 6.45) is 1.34. The SMILES string of the molecule is Cc1cc(CNC(=O)c2ccc(-c3ccc(C4=N[C@@H](CC(=O)O)c5nnc(C)n5-c5sc(C)c(C)c54)cc3)cc2)ccc1S(=O)(=O)Nc1ccc(C)c2c(C#N)c[nH]c12. The smallest absolute Gasteiger partial charge is 0.306 e. The van der Waals surface area contributed by atoms with Gasteiger partial charge in [-0.15, -0.1) is 21.5 Å². The predicted octanol–water partition coefficient (Wildman–Crippen LogP) is 7.99. The van der Waals surface area contributed by atoms with Crippen molar-refractivity contribution in [2.45, 2.75) is 58.5 Å². The molecule has 0 fully saturated rings. The number of aryl methyl sites for hydroxylation is 4. The van der Waals surface area contributed by atoms with Crippen molar-refractivity contribution in [3.63, 3.8) is 0 Å². The van der Waals surface area contributed by atoms with Crippen LogP contribution in [0.4, 0.5) is 5.69 Å². The molecule has 15 heteroatoms. The third-order valence-corrected chi connectivity index (χ3v) is 13.4. The number of aliphatic carboxylic acids is 1. The molecule has 1 aliphatic rings. The van der Waals surface area contributed by atoms with Crippen LogP contribution >= 0.6 is 11.3 Å². The fourth-order valence-electron chi connectivity index (χ4n) is 7.53. The highest BCUT2D eigenvalue weighted by atomic mass is 32.2. The Hall–Kier alpha value is -6.89. The maximum Gasteiger partial charge on any atom is 0.306 e. The molecule has 1 aliphatic heterocycles.